The maximum Gasteiger partial charge on any atom is 0.145 e. The smallest absolute Gasteiger partial charge is 0.145 e. The Kier molecular flexibility index (Phi) is 3.97. The fourth-order valence-electron chi connectivity index (χ4n) is 5.40. The van der Waals surface area contributed by atoms with Gasteiger partial charge in [0.2, 0.25) is 0 Å². The predicted octanol–water partition coefficient (Wildman–Crippen LogP) is 2.46. The maximum absolute atomic E-state index is 10.9. The average molecular weight is 417 g/mol. The Balaban J connectivity index is 1.20. The van der Waals surface area contributed by atoms with Crippen LogP contribution >= 0.6 is 0 Å². The van der Waals surface area contributed by atoms with Gasteiger partial charge in [-0.05, 0) is 43.5 Å². The van der Waals surface area contributed by atoms with Crippen molar-refractivity contribution in [1.29, 1.82) is 0 Å². The van der Waals surface area contributed by atoms with Gasteiger partial charge >= 0.3 is 0 Å². The van der Waals surface area contributed by atoms with Crippen LogP contribution in [0.3, 0.4) is 0 Å². The molecule has 3 aromatic heterocycles. The number of hydrogen-bond acceptors (Lipinski definition) is 7. The van der Waals surface area contributed by atoms with E-state index in [9.17, 15) is 10.2 Å². The standard InChI is InChI=1S/C23H23N5O3/c24-21-16-5-7-28(22(16)27-12-26-21)18-11-23(20(30)19(18)29)9-15(10-23)31-14-4-3-13-2-1-6-25-17(13)8-14/h1-8,12,15,18-20,29-30H,9-11H2,(H2,24,26,27)/t15?,18-,19+,20+,23?/m1/s1. The van der Waals surface area contributed by atoms with Crippen LogP contribution in [0.4, 0.5) is 5.82 Å². The number of nitrogens with two attached hydrogens (primary N) is 1. The van der Waals surface area contributed by atoms with E-state index in [0.29, 0.717) is 30.7 Å². The second-order valence-corrected chi connectivity index (χ2v) is 8.79. The van der Waals surface area contributed by atoms with E-state index in [1.54, 1.807) is 6.20 Å². The number of rotatable bonds is 3. The lowest BCUT2D eigenvalue weighted by atomic mass is 9.64. The molecular formula is C23H23N5O3. The molecule has 2 aliphatic carbocycles. The van der Waals surface area contributed by atoms with Crippen LogP contribution in [0.15, 0.2) is 55.1 Å². The summed E-state index contributed by atoms with van der Waals surface area (Å²) in [5.41, 5.74) is 7.16. The number of nitrogens with zero attached hydrogens (tertiary/aromatic N) is 4. The Morgan fingerprint density at radius 2 is 1.94 bits per heavy atom. The molecule has 0 bridgehead atoms. The molecule has 0 aliphatic heterocycles. The van der Waals surface area contributed by atoms with Crippen LogP contribution in [-0.4, -0.2) is 48.0 Å². The van der Waals surface area contributed by atoms with Crippen LogP contribution in [0, 0.1) is 5.41 Å². The number of anilines is 1. The number of fused-ring (bicyclic) bond motifs is 2. The summed E-state index contributed by atoms with van der Waals surface area (Å²) in [4.78, 5) is 12.7. The SMILES string of the molecule is Nc1ncnc2c1ccn2[C@@H]1CC2(CC(Oc3ccc4cccnc4c3)C2)[C@@H](O)[C@H]1O. The van der Waals surface area contributed by atoms with Crippen molar-refractivity contribution in [2.75, 3.05) is 5.73 Å². The molecule has 31 heavy (non-hydrogen) atoms. The zero-order valence-electron chi connectivity index (χ0n) is 16.8. The van der Waals surface area contributed by atoms with Gasteiger partial charge < -0.3 is 25.3 Å². The van der Waals surface area contributed by atoms with Gasteiger partial charge in [-0.3, -0.25) is 4.98 Å². The predicted molar refractivity (Wildman–Crippen MR) is 115 cm³/mol. The number of benzene rings is 1. The summed E-state index contributed by atoms with van der Waals surface area (Å²) in [6.07, 6.45) is 5.41. The Bertz CT molecular complexity index is 1280. The monoisotopic (exact) mass is 417 g/mol. The Hall–Kier alpha value is -3.23. The molecule has 8 nitrogen and oxygen atoms in total. The minimum absolute atomic E-state index is 0.00105. The fourth-order valence-corrected chi connectivity index (χ4v) is 5.40. The first-order chi connectivity index (χ1) is 15.0. The summed E-state index contributed by atoms with van der Waals surface area (Å²) in [6, 6.07) is 11.4. The zero-order chi connectivity index (χ0) is 21.2. The highest BCUT2D eigenvalue weighted by molar-refractivity contribution is 5.86. The molecular weight excluding hydrogens is 394 g/mol. The van der Waals surface area contributed by atoms with E-state index < -0.39 is 12.2 Å². The summed E-state index contributed by atoms with van der Waals surface area (Å²) in [7, 11) is 0. The Morgan fingerprint density at radius 1 is 1.06 bits per heavy atom. The van der Waals surface area contributed by atoms with Gasteiger partial charge in [-0.2, -0.15) is 0 Å². The van der Waals surface area contributed by atoms with Gasteiger partial charge in [0.1, 0.15) is 29.6 Å². The molecule has 1 spiro atoms. The summed E-state index contributed by atoms with van der Waals surface area (Å²) < 4.78 is 8.08. The number of nitrogen functional groups attached to an aromatic ring is 1. The van der Waals surface area contributed by atoms with Crippen LogP contribution in [-0.2, 0) is 0 Å². The van der Waals surface area contributed by atoms with Crippen LogP contribution in [0.25, 0.3) is 21.9 Å². The van der Waals surface area contributed by atoms with Crippen molar-refractivity contribution in [1.82, 2.24) is 19.5 Å². The number of hydrogen-bond donors (Lipinski definition) is 3. The topological polar surface area (TPSA) is 119 Å². The van der Waals surface area contributed by atoms with Gasteiger partial charge in [-0.1, -0.05) is 6.07 Å². The molecule has 4 aromatic rings. The third-order valence-electron chi connectivity index (χ3n) is 7.01. The van der Waals surface area contributed by atoms with Crippen molar-refractivity contribution in [3.05, 3.63) is 55.1 Å². The second-order valence-electron chi connectivity index (χ2n) is 8.79. The van der Waals surface area contributed by atoms with Gasteiger partial charge in [0.05, 0.1) is 29.2 Å². The molecule has 0 saturated heterocycles. The maximum atomic E-state index is 10.9. The molecule has 2 saturated carbocycles. The van der Waals surface area contributed by atoms with Gasteiger partial charge in [0.25, 0.3) is 0 Å². The van der Waals surface area contributed by atoms with Crippen LogP contribution in [0.5, 0.6) is 5.75 Å². The van der Waals surface area contributed by atoms with E-state index in [1.807, 2.05) is 47.2 Å². The van der Waals surface area contributed by atoms with E-state index in [0.717, 1.165) is 22.0 Å². The highest BCUT2D eigenvalue weighted by atomic mass is 16.5. The van der Waals surface area contributed by atoms with E-state index in [2.05, 4.69) is 15.0 Å². The second kappa shape index (κ2) is 6.63. The first-order valence-electron chi connectivity index (χ1n) is 10.5. The number of pyridine rings is 1. The largest absolute Gasteiger partial charge is 0.490 e. The lowest BCUT2D eigenvalue weighted by Gasteiger charge is -2.47. The number of aliphatic hydroxyl groups is 2. The Morgan fingerprint density at radius 3 is 2.81 bits per heavy atom. The molecule has 4 N–H and O–H groups in total. The minimum atomic E-state index is -0.877. The first kappa shape index (κ1) is 18.5. The molecule has 2 aliphatic rings. The molecule has 3 heterocycles. The van der Waals surface area contributed by atoms with E-state index in [-0.39, 0.29) is 17.6 Å². The van der Waals surface area contributed by atoms with Crippen molar-refractivity contribution >= 4 is 27.8 Å². The van der Waals surface area contributed by atoms with E-state index in [1.165, 1.54) is 6.33 Å². The highest BCUT2D eigenvalue weighted by Crippen LogP contribution is 2.57. The molecule has 158 valence electrons. The molecule has 0 unspecified atom stereocenters. The molecule has 0 amide bonds. The number of aromatic nitrogens is 4. The van der Waals surface area contributed by atoms with Crippen molar-refractivity contribution in [2.24, 2.45) is 5.41 Å². The summed E-state index contributed by atoms with van der Waals surface area (Å²) >= 11 is 0. The quantitative estimate of drug-likeness (QED) is 0.468. The number of aliphatic hydroxyl groups excluding tert-OH is 2. The van der Waals surface area contributed by atoms with Crippen LogP contribution < -0.4 is 10.5 Å². The molecule has 8 heteroatoms. The van der Waals surface area contributed by atoms with Crippen molar-refractivity contribution in [3.63, 3.8) is 0 Å². The first-order valence-corrected chi connectivity index (χ1v) is 10.5. The van der Waals surface area contributed by atoms with Crippen molar-refractivity contribution in [2.45, 2.75) is 43.6 Å². The zero-order valence-corrected chi connectivity index (χ0v) is 16.8. The third-order valence-corrected chi connectivity index (χ3v) is 7.01. The lowest BCUT2D eigenvalue weighted by Crippen LogP contribution is -2.50. The van der Waals surface area contributed by atoms with E-state index >= 15 is 0 Å². The van der Waals surface area contributed by atoms with Gasteiger partial charge in [0.15, 0.2) is 0 Å². The molecule has 2 fully saturated rings. The van der Waals surface area contributed by atoms with Crippen LogP contribution in [0.2, 0.25) is 0 Å². The molecule has 6 rings (SSSR count). The van der Waals surface area contributed by atoms with Gasteiger partial charge in [-0.25, -0.2) is 9.97 Å². The minimum Gasteiger partial charge on any atom is -0.490 e. The molecule has 0 radical (unpaired) electrons. The normalized spacial score (nSPS) is 30.1. The highest BCUT2D eigenvalue weighted by Gasteiger charge is 2.60. The van der Waals surface area contributed by atoms with Gasteiger partial charge in [-0.15, -0.1) is 0 Å². The van der Waals surface area contributed by atoms with Crippen LogP contribution in [0.1, 0.15) is 25.3 Å². The summed E-state index contributed by atoms with van der Waals surface area (Å²) in [5, 5.41) is 23.6. The van der Waals surface area contributed by atoms with E-state index in [4.69, 9.17) is 10.5 Å². The number of ether oxygens (including phenoxy) is 1. The van der Waals surface area contributed by atoms with Crippen molar-refractivity contribution < 1.29 is 14.9 Å². The van der Waals surface area contributed by atoms with Gasteiger partial charge in [0, 0.05) is 29.3 Å². The molecule has 1 aromatic carbocycles. The fraction of sp³-hybridized carbons (Fsp3) is 0.348. The third kappa shape index (κ3) is 2.79. The van der Waals surface area contributed by atoms with Crippen molar-refractivity contribution in [3.8, 4) is 5.75 Å². The summed E-state index contributed by atoms with van der Waals surface area (Å²) in [6.45, 7) is 0. The molecule has 3 atom stereocenters. The average Bonchev–Trinajstić information content (AvgIpc) is 3.29. The Labute approximate surface area is 178 Å². The lowest BCUT2D eigenvalue weighted by molar-refractivity contribution is -0.105. The summed E-state index contributed by atoms with van der Waals surface area (Å²) in [5.74, 6) is 1.19.